The molecule has 0 heterocycles. The Morgan fingerprint density at radius 1 is 1.23 bits per heavy atom. The van der Waals surface area contributed by atoms with Gasteiger partial charge in [-0.05, 0) is 40.0 Å². The summed E-state index contributed by atoms with van der Waals surface area (Å²) in [5.74, 6) is -1.47. The summed E-state index contributed by atoms with van der Waals surface area (Å²) in [6.07, 6.45) is 1.00. The molecule has 0 aromatic rings. The minimum Gasteiger partial charge on any atom is -0.547 e. The third-order valence-corrected chi connectivity index (χ3v) is 1.89. The first-order valence-corrected chi connectivity index (χ1v) is 4.31. The molecule has 0 aliphatic heterocycles. The molecule has 0 bridgehead atoms. The Bertz CT molecular complexity index is 179. The van der Waals surface area contributed by atoms with Crippen LogP contribution in [0.15, 0.2) is 0 Å². The van der Waals surface area contributed by atoms with E-state index in [0.29, 0.717) is 12.8 Å². The van der Waals surface area contributed by atoms with Gasteiger partial charge in [-0.25, -0.2) is 0 Å². The molecule has 0 radical (unpaired) electrons. The van der Waals surface area contributed by atoms with Crippen LogP contribution in [-0.2, 0) is 4.79 Å². The van der Waals surface area contributed by atoms with Gasteiger partial charge in [-0.1, -0.05) is 0 Å². The third-order valence-electron chi connectivity index (χ3n) is 1.89. The van der Waals surface area contributed by atoms with Crippen LogP contribution in [0, 0.1) is 0 Å². The van der Waals surface area contributed by atoms with Crippen molar-refractivity contribution in [3.8, 4) is 0 Å². The van der Waals surface area contributed by atoms with Crippen LogP contribution in [0.1, 0.15) is 40.0 Å². The van der Waals surface area contributed by atoms with Gasteiger partial charge in [0.25, 0.3) is 0 Å². The van der Waals surface area contributed by atoms with Crippen molar-refractivity contribution < 1.29 is 20.1 Å². The SMILES string of the molecule is CC(C)(O)CCC[C@@](C)(O)C(=O)[O-]. The number of hydrogen-bond acceptors (Lipinski definition) is 4. The first kappa shape index (κ1) is 12.4. The summed E-state index contributed by atoms with van der Waals surface area (Å²) in [5.41, 5.74) is -2.60. The highest BCUT2D eigenvalue weighted by Gasteiger charge is 2.22. The highest BCUT2D eigenvalue weighted by molar-refractivity contribution is 5.74. The molecule has 1 atom stereocenters. The van der Waals surface area contributed by atoms with Crippen LogP contribution in [0.3, 0.4) is 0 Å². The van der Waals surface area contributed by atoms with Crippen LogP contribution in [0.4, 0.5) is 0 Å². The minimum atomic E-state index is -1.79. The Morgan fingerprint density at radius 3 is 2.00 bits per heavy atom. The number of carbonyl (C=O) groups is 1. The van der Waals surface area contributed by atoms with Crippen molar-refractivity contribution in [2.24, 2.45) is 0 Å². The number of carbonyl (C=O) groups excluding carboxylic acids is 1. The Hall–Kier alpha value is -0.610. The third kappa shape index (κ3) is 5.60. The molecule has 13 heavy (non-hydrogen) atoms. The normalized spacial score (nSPS) is 16.7. The van der Waals surface area contributed by atoms with Gasteiger partial charge in [-0.15, -0.1) is 0 Å². The van der Waals surface area contributed by atoms with Gasteiger partial charge >= 0.3 is 0 Å². The predicted molar refractivity (Wildman–Crippen MR) is 45.8 cm³/mol. The molecule has 2 N–H and O–H groups in total. The molecule has 78 valence electrons. The number of rotatable bonds is 5. The van der Waals surface area contributed by atoms with Crippen molar-refractivity contribution in [1.82, 2.24) is 0 Å². The molecule has 4 nitrogen and oxygen atoms in total. The van der Waals surface area contributed by atoms with E-state index in [4.69, 9.17) is 0 Å². The number of aliphatic carboxylic acids is 1. The van der Waals surface area contributed by atoms with Gasteiger partial charge in [0, 0.05) is 0 Å². The molecular weight excluding hydrogens is 172 g/mol. The Balaban J connectivity index is 3.84. The zero-order valence-corrected chi connectivity index (χ0v) is 8.33. The van der Waals surface area contributed by atoms with Crippen LogP contribution in [0.2, 0.25) is 0 Å². The van der Waals surface area contributed by atoms with E-state index in [1.807, 2.05) is 0 Å². The average Bonchev–Trinajstić information content (AvgIpc) is 1.82. The maximum Gasteiger partial charge on any atom is 0.101 e. The molecule has 0 aliphatic carbocycles. The first-order chi connectivity index (χ1) is 5.65. The van der Waals surface area contributed by atoms with Crippen LogP contribution in [-0.4, -0.2) is 27.4 Å². The van der Waals surface area contributed by atoms with E-state index < -0.39 is 17.2 Å². The van der Waals surface area contributed by atoms with E-state index in [1.165, 1.54) is 6.92 Å². The molecule has 0 amide bonds. The van der Waals surface area contributed by atoms with E-state index in [1.54, 1.807) is 13.8 Å². The topological polar surface area (TPSA) is 80.6 Å². The van der Waals surface area contributed by atoms with Crippen LogP contribution in [0.5, 0.6) is 0 Å². The fourth-order valence-electron chi connectivity index (χ4n) is 0.967. The maximum absolute atomic E-state index is 10.4. The quantitative estimate of drug-likeness (QED) is 0.607. The largest absolute Gasteiger partial charge is 0.547 e. The monoisotopic (exact) mass is 189 g/mol. The second-order valence-electron chi connectivity index (χ2n) is 4.23. The van der Waals surface area contributed by atoms with E-state index in [-0.39, 0.29) is 6.42 Å². The molecule has 0 aromatic carbocycles. The zero-order chi connectivity index (χ0) is 10.7. The molecule has 0 unspecified atom stereocenters. The van der Waals surface area contributed by atoms with Gasteiger partial charge in [0.1, 0.15) is 5.60 Å². The van der Waals surface area contributed by atoms with Crippen molar-refractivity contribution in [2.75, 3.05) is 0 Å². The summed E-state index contributed by atoms with van der Waals surface area (Å²) < 4.78 is 0. The molecule has 0 aliphatic rings. The number of carboxylic acids is 1. The van der Waals surface area contributed by atoms with Gasteiger partial charge < -0.3 is 20.1 Å². The fraction of sp³-hybridized carbons (Fsp3) is 0.889. The lowest BCUT2D eigenvalue weighted by atomic mass is 9.94. The smallest absolute Gasteiger partial charge is 0.101 e. The van der Waals surface area contributed by atoms with Crippen LogP contribution >= 0.6 is 0 Å². The van der Waals surface area contributed by atoms with Crippen LogP contribution < -0.4 is 5.11 Å². The second-order valence-corrected chi connectivity index (χ2v) is 4.23. The highest BCUT2D eigenvalue weighted by atomic mass is 16.4. The van der Waals surface area contributed by atoms with Gasteiger partial charge in [0.2, 0.25) is 0 Å². The molecule has 0 saturated carbocycles. The summed E-state index contributed by atoms with van der Waals surface area (Å²) in [6.45, 7) is 4.48. The fourth-order valence-corrected chi connectivity index (χ4v) is 0.967. The van der Waals surface area contributed by atoms with Crippen molar-refractivity contribution in [3.05, 3.63) is 0 Å². The maximum atomic E-state index is 10.4. The van der Waals surface area contributed by atoms with E-state index in [9.17, 15) is 20.1 Å². The lowest BCUT2D eigenvalue weighted by Crippen LogP contribution is -2.46. The minimum absolute atomic E-state index is 0.0966. The first-order valence-electron chi connectivity index (χ1n) is 4.31. The molecule has 0 aromatic heterocycles. The molecule has 0 fully saturated rings. The van der Waals surface area contributed by atoms with Crippen molar-refractivity contribution in [3.63, 3.8) is 0 Å². The number of carboxylic acid groups (broad SMARTS) is 1. The number of aliphatic hydroxyl groups is 2. The summed E-state index contributed by atoms with van der Waals surface area (Å²) in [6, 6.07) is 0. The lowest BCUT2D eigenvalue weighted by Gasteiger charge is -2.25. The predicted octanol–water partition coefficient (Wildman–Crippen LogP) is -0.572. The molecule has 4 heteroatoms. The van der Waals surface area contributed by atoms with Gasteiger partial charge in [0.15, 0.2) is 0 Å². The summed E-state index contributed by atoms with van der Waals surface area (Å²) in [7, 11) is 0. The van der Waals surface area contributed by atoms with Gasteiger partial charge in [-0.3, -0.25) is 0 Å². The van der Waals surface area contributed by atoms with Crippen molar-refractivity contribution in [2.45, 2.75) is 51.2 Å². The zero-order valence-electron chi connectivity index (χ0n) is 8.33. The van der Waals surface area contributed by atoms with E-state index >= 15 is 0 Å². The second kappa shape index (κ2) is 4.07. The standard InChI is InChI=1S/C9H18O4/c1-8(2,12)5-4-6-9(3,13)7(10)11/h12-13H,4-6H2,1-3H3,(H,10,11)/p-1/t9-/m1/s1. The molecular formula is C9H17O4-. The summed E-state index contributed by atoms with van der Waals surface area (Å²) in [4.78, 5) is 10.4. The average molecular weight is 189 g/mol. The van der Waals surface area contributed by atoms with E-state index in [2.05, 4.69) is 0 Å². The van der Waals surface area contributed by atoms with Gasteiger partial charge in [0.05, 0.1) is 11.6 Å². The van der Waals surface area contributed by atoms with Crippen molar-refractivity contribution in [1.29, 1.82) is 0 Å². The molecule has 0 spiro atoms. The Morgan fingerprint density at radius 2 is 1.69 bits per heavy atom. The summed E-state index contributed by atoms with van der Waals surface area (Å²) in [5, 5.41) is 28.9. The van der Waals surface area contributed by atoms with E-state index in [0.717, 1.165) is 0 Å². The highest BCUT2D eigenvalue weighted by Crippen LogP contribution is 2.17. The molecule has 0 saturated heterocycles. The van der Waals surface area contributed by atoms with Crippen LogP contribution in [0.25, 0.3) is 0 Å². The Kier molecular flexibility index (Phi) is 3.88. The van der Waals surface area contributed by atoms with Gasteiger partial charge in [-0.2, -0.15) is 0 Å². The summed E-state index contributed by atoms with van der Waals surface area (Å²) >= 11 is 0. The molecule has 0 rings (SSSR count). The Labute approximate surface area is 78.2 Å². The van der Waals surface area contributed by atoms with Crippen molar-refractivity contribution >= 4 is 5.97 Å². The lowest BCUT2D eigenvalue weighted by molar-refractivity contribution is -0.324. The number of hydrogen-bond donors (Lipinski definition) is 2.